The minimum Gasteiger partial charge on any atom is -0.491 e. The highest BCUT2D eigenvalue weighted by molar-refractivity contribution is 6.02. The molecule has 0 bridgehead atoms. The first kappa shape index (κ1) is 16.5. The van der Waals surface area contributed by atoms with E-state index in [9.17, 15) is 9.18 Å². The van der Waals surface area contributed by atoms with Crippen molar-refractivity contribution < 1.29 is 13.9 Å². The number of unbranched alkanes of at least 4 members (excludes halogenated alkanes) is 1. The van der Waals surface area contributed by atoms with Crippen LogP contribution in [0.4, 0.5) is 10.1 Å². The molecule has 0 heterocycles. The molecule has 0 saturated heterocycles. The second-order valence-corrected chi connectivity index (χ2v) is 6.24. The average molecular weight is 327 g/mol. The van der Waals surface area contributed by atoms with Crippen molar-refractivity contribution in [2.24, 2.45) is 0 Å². The lowest BCUT2D eigenvalue weighted by atomic mass is 9.95. The van der Waals surface area contributed by atoms with Crippen LogP contribution in [0.3, 0.4) is 0 Å². The van der Waals surface area contributed by atoms with Crippen LogP contribution in [0, 0.1) is 5.82 Å². The third-order valence-corrected chi connectivity index (χ3v) is 4.47. The molecule has 3 rings (SSSR count). The largest absolute Gasteiger partial charge is 0.491 e. The highest BCUT2D eigenvalue weighted by atomic mass is 19.1. The molecule has 1 amide bonds. The van der Waals surface area contributed by atoms with E-state index in [1.807, 2.05) is 24.3 Å². The predicted octanol–water partition coefficient (Wildman–Crippen LogP) is 4.67. The number of ether oxygens (including phenoxy) is 1. The van der Waals surface area contributed by atoms with Crippen LogP contribution in [0.1, 0.15) is 38.2 Å². The number of carbonyl (C=O) groups is 1. The average Bonchev–Trinajstić information content (AvgIpc) is 3.39. The number of anilines is 1. The Morgan fingerprint density at radius 2 is 1.88 bits per heavy atom. The minimum atomic E-state index is -0.537. The highest BCUT2D eigenvalue weighted by Crippen LogP contribution is 2.49. The molecule has 0 aromatic heterocycles. The van der Waals surface area contributed by atoms with E-state index in [-0.39, 0.29) is 11.7 Å². The van der Waals surface area contributed by atoms with Crippen LogP contribution in [0.15, 0.2) is 48.5 Å². The fraction of sp³-hybridized carbons (Fsp3) is 0.350. The molecule has 0 atom stereocenters. The van der Waals surface area contributed by atoms with Gasteiger partial charge in [0, 0.05) is 0 Å². The summed E-state index contributed by atoms with van der Waals surface area (Å²) in [5.74, 6) is 0.347. The fourth-order valence-corrected chi connectivity index (χ4v) is 2.80. The number of hydrogen-bond acceptors (Lipinski definition) is 2. The molecule has 1 fully saturated rings. The second-order valence-electron chi connectivity index (χ2n) is 6.24. The van der Waals surface area contributed by atoms with Gasteiger partial charge in [-0.2, -0.15) is 0 Å². The minimum absolute atomic E-state index is 0.0550. The van der Waals surface area contributed by atoms with E-state index in [0.717, 1.165) is 31.2 Å². The molecule has 0 radical (unpaired) electrons. The molecule has 1 aliphatic carbocycles. The Morgan fingerprint density at radius 1 is 1.17 bits per heavy atom. The maximum absolute atomic E-state index is 13.1. The first-order valence-corrected chi connectivity index (χ1v) is 8.45. The SMILES string of the molecule is CCCCOc1ccccc1NC(=O)C1(c2ccc(F)cc2)CC1. The molecule has 4 heteroatoms. The van der Waals surface area contributed by atoms with E-state index in [2.05, 4.69) is 12.2 Å². The van der Waals surface area contributed by atoms with E-state index in [4.69, 9.17) is 4.74 Å². The number of carbonyl (C=O) groups excluding carboxylic acids is 1. The van der Waals surface area contributed by atoms with Crippen LogP contribution in [0.2, 0.25) is 0 Å². The van der Waals surface area contributed by atoms with E-state index in [1.54, 1.807) is 12.1 Å². The van der Waals surface area contributed by atoms with Crippen LogP contribution < -0.4 is 10.1 Å². The summed E-state index contributed by atoms with van der Waals surface area (Å²) >= 11 is 0. The van der Waals surface area contributed by atoms with Gasteiger partial charge in [0.25, 0.3) is 0 Å². The van der Waals surface area contributed by atoms with Crippen LogP contribution in [-0.2, 0) is 10.2 Å². The van der Waals surface area contributed by atoms with Gasteiger partial charge in [0.2, 0.25) is 5.91 Å². The molecule has 0 aliphatic heterocycles. The number of hydrogen-bond donors (Lipinski definition) is 1. The Hall–Kier alpha value is -2.36. The summed E-state index contributed by atoms with van der Waals surface area (Å²) in [7, 11) is 0. The summed E-state index contributed by atoms with van der Waals surface area (Å²) < 4.78 is 18.9. The molecule has 1 N–H and O–H groups in total. The lowest BCUT2D eigenvalue weighted by Gasteiger charge is -2.18. The van der Waals surface area contributed by atoms with Gasteiger partial charge in [0.15, 0.2) is 0 Å². The molecule has 24 heavy (non-hydrogen) atoms. The smallest absolute Gasteiger partial charge is 0.235 e. The molecule has 2 aromatic rings. The Morgan fingerprint density at radius 3 is 2.54 bits per heavy atom. The van der Waals surface area contributed by atoms with Gasteiger partial charge < -0.3 is 10.1 Å². The maximum atomic E-state index is 13.1. The van der Waals surface area contributed by atoms with Crippen molar-refractivity contribution in [3.63, 3.8) is 0 Å². The van der Waals surface area contributed by atoms with Crippen LogP contribution in [-0.4, -0.2) is 12.5 Å². The zero-order valence-corrected chi connectivity index (χ0v) is 13.8. The lowest BCUT2D eigenvalue weighted by Crippen LogP contribution is -2.28. The van der Waals surface area contributed by atoms with Crippen molar-refractivity contribution in [1.29, 1.82) is 0 Å². The van der Waals surface area contributed by atoms with Crippen LogP contribution >= 0.6 is 0 Å². The number of rotatable bonds is 7. The summed E-state index contributed by atoms with van der Waals surface area (Å²) in [6, 6.07) is 13.7. The molecule has 3 nitrogen and oxygen atoms in total. The lowest BCUT2D eigenvalue weighted by molar-refractivity contribution is -0.118. The zero-order chi connectivity index (χ0) is 17.0. The van der Waals surface area contributed by atoms with Gasteiger partial charge in [-0.3, -0.25) is 4.79 Å². The Kier molecular flexibility index (Phi) is 4.84. The number of benzene rings is 2. The van der Waals surface area contributed by atoms with E-state index in [1.165, 1.54) is 12.1 Å². The Labute approximate surface area is 141 Å². The van der Waals surface area contributed by atoms with Gasteiger partial charge in [-0.1, -0.05) is 37.6 Å². The first-order chi connectivity index (χ1) is 11.7. The third kappa shape index (κ3) is 3.42. The van der Waals surface area contributed by atoms with Gasteiger partial charge in [-0.05, 0) is 49.1 Å². The van der Waals surface area contributed by atoms with Crippen molar-refractivity contribution in [3.8, 4) is 5.75 Å². The summed E-state index contributed by atoms with van der Waals surface area (Å²) in [6.07, 6.45) is 3.59. The van der Waals surface area contributed by atoms with E-state index in [0.29, 0.717) is 18.0 Å². The quantitative estimate of drug-likeness (QED) is 0.750. The Bertz CT molecular complexity index is 708. The predicted molar refractivity (Wildman–Crippen MR) is 92.8 cm³/mol. The zero-order valence-electron chi connectivity index (χ0n) is 13.8. The van der Waals surface area contributed by atoms with Gasteiger partial charge in [-0.25, -0.2) is 4.39 Å². The molecular formula is C20H22FNO2. The molecule has 1 saturated carbocycles. The van der Waals surface area contributed by atoms with Gasteiger partial charge in [0.1, 0.15) is 11.6 Å². The fourth-order valence-electron chi connectivity index (χ4n) is 2.80. The number of halogens is 1. The third-order valence-electron chi connectivity index (χ3n) is 4.47. The van der Waals surface area contributed by atoms with Crippen molar-refractivity contribution in [2.45, 2.75) is 38.0 Å². The maximum Gasteiger partial charge on any atom is 0.235 e. The summed E-state index contributed by atoms with van der Waals surface area (Å²) in [5.41, 5.74) is 1.02. The number of para-hydroxylation sites is 2. The summed E-state index contributed by atoms with van der Waals surface area (Å²) in [6.45, 7) is 2.74. The highest BCUT2D eigenvalue weighted by Gasteiger charge is 2.51. The molecule has 126 valence electrons. The molecular weight excluding hydrogens is 305 g/mol. The van der Waals surface area contributed by atoms with Gasteiger partial charge in [0.05, 0.1) is 17.7 Å². The molecule has 0 unspecified atom stereocenters. The summed E-state index contributed by atoms with van der Waals surface area (Å²) in [4.78, 5) is 12.8. The topological polar surface area (TPSA) is 38.3 Å². The molecule has 2 aromatic carbocycles. The normalized spacial score (nSPS) is 14.9. The second kappa shape index (κ2) is 7.04. The van der Waals surface area contributed by atoms with Crippen molar-refractivity contribution in [2.75, 3.05) is 11.9 Å². The van der Waals surface area contributed by atoms with Gasteiger partial charge >= 0.3 is 0 Å². The van der Waals surface area contributed by atoms with E-state index >= 15 is 0 Å². The van der Waals surface area contributed by atoms with Gasteiger partial charge in [-0.15, -0.1) is 0 Å². The standard InChI is InChI=1S/C20H22FNO2/c1-2-3-14-24-18-7-5-4-6-17(18)22-19(23)20(12-13-20)15-8-10-16(21)11-9-15/h4-11H,2-3,12-14H2,1H3,(H,22,23). The monoisotopic (exact) mass is 327 g/mol. The van der Waals surface area contributed by atoms with Crippen molar-refractivity contribution in [3.05, 3.63) is 59.9 Å². The number of nitrogens with one attached hydrogen (secondary N) is 1. The van der Waals surface area contributed by atoms with Crippen LogP contribution in [0.5, 0.6) is 5.75 Å². The Balaban J connectivity index is 1.74. The molecule has 0 spiro atoms. The van der Waals surface area contributed by atoms with Crippen LogP contribution in [0.25, 0.3) is 0 Å². The number of amides is 1. The summed E-state index contributed by atoms with van der Waals surface area (Å²) in [5, 5.41) is 3.00. The van der Waals surface area contributed by atoms with E-state index < -0.39 is 5.41 Å². The first-order valence-electron chi connectivity index (χ1n) is 8.45. The van der Waals surface area contributed by atoms with Crippen molar-refractivity contribution >= 4 is 11.6 Å². The van der Waals surface area contributed by atoms with Crippen molar-refractivity contribution in [1.82, 2.24) is 0 Å². The molecule has 1 aliphatic rings.